The topological polar surface area (TPSA) is 72.9 Å². The van der Waals surface area contributed by atoms with Crippen LogP contribution in [0.25, 0.3) is 5.69 Å². The predicted octanol–water partition coefficient (Wildman–Crippen LogP) is 1.64. The monoisotopic (exact) mass is 272 g/mol. The van der Waals surface area contributed by atoms with Crippen LogP contribution in [0.2, 0.25) is 0 Å². The summed E-state index contributed by atoms with van der Waals surface area (Å²) in [4.78, 5) is 15.9. The molecule has 20 heavy (non-hydrogen) atoms. The van der Waals surface area contributed by atoms with Gasteiger partial charge in [0.25, 0.3) is 0 Å². The summed E-state index contributed by atoms with van der Waals surface area (Å²) in [5.74, 6) is -0.192. The highest BCUT2D eigenvalue weighted by Crippen LogP contribution is 2.17. The van der Waals surface area contributed by atoms with Crippen molar-refractivity contribution in [2.45, 2.75) is 19.9 Å². The molecule has 5 nitrogen and oxygen atoms in total. The van der Waals surface area contributed by atoms with Gasteiger partial charge in [-0.05, 0) is 24.6 Å². The lowest BCUT2D eigenvalue weighted by Crippen LogP contribution is -2.34. The van der Waals surface area contributed by atoms with Gasteiger partial charge in [-0.1, -0.05) is 19.1 Å². The fourth-order valence-electron chi connectivity index (χ4n) is 1.91. The van der Waals surface area contributed by atoms with Crippen molar-refractivity contribution in [3.8, 4) is 5.69 Å². The molecule has 0 saturated heterocycles. The lowest BCUT2D eigenvalue weighted by Gasteiger charge is -2.18. The number of amides is 1. The number of hydrogen-bond donors (Lipinski definition) is 2. The number of carbonyl (C=O) groups excluding carboxylic acids is 1. The van der Waals surface area contributed by atoms with E-state index < -0.39 is 0 Å². The smallest absolute Gasteiger partial charge is 0.224 e. The maximum absolute atomic E-state index is 11.9. The molecule has 0 aliphatic carbocycles. The summed E-state index contributed by atoms with van der Waals surface area (Å²) in [6.45, 7) is 4.14. The van der Waals surface area contributed by atoms with E-state index in [1.165, 1.54) is 0 Å². The average molecular weight is 272 g/mol. The normalized spacial score (nSPS) is 13.8. The minimum atomic E-state index is -0.172. The van der Waals surface area contributed by atoms with Gasteiger partial charge in [0.15, 0.2) is 0 Å². The number of rotatable bonds is 5. The predicted molar refractivity (Wildman–Crippen MR) is 78.3 cm³/mol. The molecule has 0 fully saturated rings. The molecule has 0 bridgehead atoms. The van der Waals surface area contributed by atoms with Crippen LogP contribution in [0.4, 0.5) is 0 Å². The van der Waals surface area contributed by atoms with Crippen LogP contribution in [0.1, 0.15) is 25.5 Å². The highest BCUT2D eigenvalue weighted by Gasteiger charge is 2.15. The third kappa shape index (κ3) is 3.24. The summed E-state index contributed by atoms with van der Waals surface area (Å²) in [6, 6.07) is 7.96. The Labute approximate surface area is 118 Å². The van der Waals surface area contributed by atoms with Crippen LogP contribution in [0, 0.1) is 5.92 Å². The van der Waals surface area contributed by atoms with E-state index in [1.807, 2.05) is 48.9 Å². The van der Waals surface area contributed by atoms with Gasteiger partial charge >= 0.3 is 0 Å². The van der Waals surface area contributed by atoms with E-state index in [4.69, 9.17) is 5.73 Å². The molecule has 5 heteroatoms. The zero-order valence-corrected chi connectivity index (χ0v) is 11.8. The molecule has 2 rings (SSSR count). The Kier molecular flexibility index (Phi) is 4.53. The van der Waals surface area contributed by atoms with E-state index in [9.17, 15) is 4.79 Å². The zero-order chi connectivity index (χ0) is 14.5. The molecule has 1 heterocycles. The standard InChI is InChI=1S/C15H20N4O/c1-11(9-16)15(20)18-12(2)13-4-3-5-14(8-13)19-7-6-17-10-19/h3-8,10-12H,9,16H2,1-2H3,(H,18,20). The SMILES string of the molecule is CC(CN)C(=O)NC(C)c1cccc(-n2ccnc2)c1. The maximum atomic E-state index is 11.9. The number of carbonyl (C=O) groups is 1. The Balaban J connectivity index is 2.13. The van der Waals surface area contributed by atoms with Crippen molar-refractivity contribution >= 4 is 5.91 Å². The molecule has 0 aliphatic heterocycles. The van der Waals surface area contributed by atoms with E-state index in [2.05, 4.69) is 10.3 Å². The van der Waals surface area contributed by atoms with Gasteiger partial charge in [0.05, 0.1) is 12.4 Å². The quantitative estimate of drug-likeness (QED) is 0.869. The van der Waals surface area contributed by atoms with Gasteiger partial charge < -0.3 is 15.6 Å². The first-order valence-electron chi connectivity index (χ1n) is 6.70. The number of imidazole rings is 1. The first-order valence-corrected chi connectivity index (χ1v) is 6.70. The summed E-state index contributed by atoms with van der Waals surface area (Å²) < 4.78 is 1.93. The molecule has 0 aliphatic rings. The van der Waals surface area contributed by atoms with Crippen LogP contribution in [0.15, 0.2) is 43.0 Å². The Morgan fingerprint density at radius 2 is 2.25 bits per heavy atom. The van der Waals surface area contributed by atoms with Crippen LogP contribution < -0.4 is 11.1 Å². The van der Waals surface area contributed by atoms with Crippen molar-refractivity contribution in [1.82, 2.24) is 14.9 Å². The van der Waals surface area contributed by atoms with E-state index in [1.54, 1.807) is 12.5 Å². The van der Waals surface area contributed by atoms with Gasteiger partial charge in [0, 0.05) is 30.5 Å². The summed E-state index contributed by atoms with van der Waals surface area (Å²) in [5, 5.41) is 2.98. The lowest BCUT2D eigenvalue weighted by atomic mass is 10.1. The molecule has 2 aromatic rings. The molecule has 0 spiro atoms. The summed E-state index contributed by atoms with van der Waals surface area (Å²) in [5.41, 5.74) is 7.58. The highest BCUT2D eigenvalue weighted by molar-refractivity contribution is 5.78. The summed E-state index contributed by atoms with van der Waals surface area (Å²) >= 11 is 0. The Hall–Kier alpha value is -2.14. The van der Waals surface area contributed by atoms with Crippen molar-refractivity contribution in [1.29, 1.82) is 0 Å². The molecule has 106 valence electrons. The molecular weight excluding hydrogens is 252 g/mol. The van der Waals surface area contributed by atoms with Gasteiger partial charge in [-0.3, -0.25) is 4.79 Å². The van der Waals surface area contributed by atoms with Crippen LogP contribution >= 0.6 is 0 Å². The van der Waals surface area contributed by atoms with Gasteiger partial charge in [-0.25, -0.2) is 4.98 Å². The third-order valence-electron chi connectivity index (χ3n) is 3.33. The van der Waals surface area contributed by atoms with Gasteiger partial charge in [0.1, 0.15) is 0 Å². The average Bonchev–Trinajstić information content (AvgIpc) is 3.00. The molecule has 1 amide bonds. The van der Waals surface area contributed by atoms with Crippen LogP contribution in [0.3, 0.4) is 0 Å². The third-order valence-corrected chi connectivity index (χ3v) is 3.33. The van der Waals surface area contributed by atoms with Crippen molar-refractivity contribution in [3.63, 3.8) is 0 Å². The molecule has 1 aromatic heterocycles. The molecule has 2 atom stereocenters. The molecular formula is C15H20N4O. The van der Waals surface area contributed by atoms with Crippen molar-refractivity contribution in [3.05, 3.63) is 48.5 Å². The second-order valence-corrected chi connectivity index (χ2v) is 4.93. The molecule has 0 saturated carbocycles. The van der Waals surface area contributed by atoms with Crippen LogP contribution in [0.5, 0.6) is 0 Å². The first kappa shape index (κ1) is 14.3. The molecule has 3 N–H and O–H groups in total. The zero-order valence-electron chi connectivity index (χ0n) is 11.8. The Morgan fingerprint density at radius 3 is 2.90 bits per heavy atom. The Bertz CT molecular complexity index is 565. The van der Waals surface area contributed by atoms with Gasteiger partial charge in [0.2, 0.25) is 5.91 Å². The fraction of sp³-hybridized carbons (Fsp3) is 0.333. The van der Waals surface area contributed by atoms with E-state index >= 15 is 0 Å². The molecule has 0 radical (unpaired) electrons. The number of nitrogens with one attached hydrogen (secondary N) is 1. The minimum absolute atomic E-state index is 0.0203. The van der Waals surface area contributed by atoms with Crippen LogP contribution in [-0.2, 0) is 4.79 Å². The highest BCUT2D eigenvalue weighted by atomic mass is 16.1. The van der Waals surface area contributed by atoms with Crippen molar-refractivity contribution < 1.29 is 4.79 Å². The second kappa shape index (κ2) is 6.34. The number of benzene rings is 1. The van der Waals surface area contributed by atoms with Crippen molar-refractivity contribution in [2.75, 3.05) is 6.54 Å². The van der Waals surface area contributed by atoms with E-state index in [0.717, 1.165) is 11.3 Å². The minimum Gasteiger partial charge on any atom is -0.349 e. The van der Waals surface area contributed by atoms with E-state index in [0.29, 0.717) is 6.54 Å². The summed E-state index contributed by atoms with van der Waals surface area (Å²) in [7, 11) is 0. The maximum Gasteiger partial charge on any atom is 0.224 e. The number of nitrogens with two attached hydrogens (primary N) is 1. The van der Waals surface area contributed by atoms with E-state index in [-0.39, 0.29) is 17.9 Å². The fourth-order valence-corrected chi connectivity index (χ4v) is 1.91. The van der Waals surface area contributed by atoms with Gasteiger partial charge in [-0.15, -0.1) is 0 Å². The number of aromatic nitrogens is 2. The Morgan fingerprint density at radius 1 is 1.45 bits per heavy atom. The number of hydrogen-bond acceptors (Lipinski definition) is 3. The molecule has 1 aromatic carbocycles. The van der Waals surface area contributed by atoms with Gasteiger partial charge in [-0.2, -0.15) is 0 Å². The van der Waals surface area contributed by atoms with Crippen LogP contribution in [-0.4, -0.2) is 22.0 Å². The van der Waals surface area contributed by atoms with Crippen molar-refractivity contribution in [2.24, 2.45) is 11.7 Å². The lowest BCUT2D eigenvalue weighted by molar-refractivity contribution is -0.124. The first-order chi connectivity index (χ1) is 9.61. The molecule has 2 unspecified atom stereocenters. The number of nitrogens with zero attached hydrogens (tertiary/aromatic N) is 2. The summed E-state index contributed by atoms with van der Waals surface area (Å²) in [6.07, 6.45) is 5.37. The second-order valence-electron chi connectivity index (χ2n) is 4.93. The largest absolute Gasteiger partial charge is 0.349 e.